The molecule has 0 aliphatic rings. The van der Waals surface area contributed by atoms with Gasteiger partial charge in [-0.05, 0) is 0 Å². The second-order valence-corrected chi connectivity index (χ2v) is 10.8. The van der Waals surface area contributed by atoms with E-state index in [1.807, 2.05) is 6.92 Å². The maximum absolute atomic E-state index is 11.4. The molecule has 0 aromatic heterocycles. The van der Waals surface area contributed by atoms with Crippen molar-refractivity contribution in [2.24, 2.45) is 0 Å². The predicted molar refractivity (Wildman–Crippen MR) is 106 cm³/mol. The van der Waals surface area contributed by atoms with Gasteiger partial charge in [-0.1, -0.05) is 0 Å². The van der Waals surface area contributed by atoms with Gasteiger partial charge in [-0.3, -0.25) is 0 Å². The molecule has 1 aromatic rings. The number of carbonyl (C=O) groups is 1. The summed E-state index contributed by atoms with van der Waals surface area (Å²) in [5.74, 6) is 0.368. The number of ether oxygens (including phenoxy) is 1. The average Bonchev–Trinajstić information content (AvgIpc) is 2.46. The topological polar surface area (TPSA) is 46.5 Å². The molecule has 1 aromatic carbocycles. The van der Waals surface area contributed by atoms with E-state index in [1.165, 1.54) is 5.56 Å². The molecule has 0 unspecified atom stereocenters. The third-order valence-electron chi connectivity index (χ3n) is 4.07. The Morgan fingerprint density at radius 2 is 1.60 bits per heavy atom. The molecule has 142 valence electrons. The van der Waals surface area contributed by atoms with Crippen LogP contribution in [0.1, 0.15) is 71.6 Å². The van der Waals surface area contributed by atoms with E-state index >= 15 is 0 Å². The van der Waals surface area contributed by atoms with Crippen molar-refractivity contribution in [3.05, 3.63) is 28.8 Å². The second kappa shape index (κ2) is 9.09. The monoisotopic (exact) mass is 414 g/mol. The molecular formula is C21H34O3Se. The van der Waals surface area contributed by atoms with Crippen molar-refractivity contribution in [1.82, 2.24) is 0 Å². The van der Waals surface area contributed by atoms with E-state index in [0.29, 0.717) is 32.6 Å². The molecule has 0 atom stereocenters. The average molecular weight is 413 g/mol. The van der Waals surface area contributed by atoms with Crippen molar-refractivity contribution in [2.75, 3.05) is 6.61 Å². The SMILES string of the molecule is CCOC(=O)C[Se]CCCc1cc(C(C)(C)C)c(O)c(C(C)(C)C)c1. The zero-order valence-corrected chi connectivity index (χ0v) is 18.6. The van der Waals surface area contributed by atoms with E-state index in [2.05, 4.69) is 53.7 Å². The van der Waals surface area contributed by atoms with Gasteiger partial charge in [-0.25, -0.2) is 0 Å². The molecule has 4 heteroatoms. The Balaban J connectivity index is 2.81. The predicted octanol–water partition coefficient (Wildman–Crippen LogP) is 5.02. The summed E-state index contributed by atoms with van der Waals surface area (Å²) in [4.78, 5) is 11.4. The van der Waals surface area contributed by atoms with Gasteiger partial charge in [0, 0.05) is 0 Å². The van der Waals surface area contributed by atoms with Crippen LogP contribution in [0, 0.1) is 0 Å². The first-order valence-electron chi connectivity index (χ1n) is 9.07. The number of benzene rings is 1. The second-order valence-electron chi connectivity index (χ2n) is 8.50. The molecule has 0 saturated heterocycles. The maximum atomic E-state index is 11.4. The quantitative estimate of drug-likeness (QED) is 0.388. The Labute approximate surface area is 159 Å². The molecule has 0 aliphatic heterocycles. The molecule has 1 rings (SSSR count). The number of esters is 1. The van der Waals surface area contributed by atoms with Crippen LogP contribution in [0.15, 0.2) is 12.1 Å². The van der Waals surface area contributed by atoms with Gasteiger partial charge in [0.2, 0.25) is 0 Å². The van der Waals surface area contributed by atoms with Gasteiger partial charge in [-0.15, -0.1) is 0 Å². The third kappa shape index (κ3) is 7.03. The van der Waals surface area contributed by atoms with Crippen LogP contribution in [0.2, 0.25) is 10.6 Å². The van der Waals surface area contributed by atoms with E-state index in [4.69, 9.17) is 4.74 Å². The molecule has 0 bridgehead atoms. The van der Waals surface area contributed by atoms with Crippen LogP contribution in [0.3, 0.4) is 0 Å². The summed E-state index contributed by atoms with van der Waals surface area (Å²) in [5.41, 5.74) is 3.14. The van der Waals surface area contributed by atoms with Crippen LogP contribution in [0.25, 0.3) is 0 Å². The number of hydrogen-bond donors (Lipinski definition) is 1. The Kier molecular flexibility index (Phi) is 8.02. The standard InChI is InChI=1S/C21H34O3Se/c1-8-24-18(22)14-25-11-9-10-15-12-16(20(2,3)4)19(23)17(13-15)21(5,6)7/h12-13,23H,8-11,14H2,1-7H3. The Bertz CT molecular complexity index is 545. The van der Waals surface area contributed by atoms with E-state index in [-0.39, 0.29) is 16.8 Å². The van der Waals surface area contributed by atoms with Crippen LogP contribution >= 0.6 is 0 Å². The van der Waals surface area contributed by atoms with Gasteiger partial charge >= 0.3 is 160 Å². The third-order valence-corrected chi connectivity index (χ3v) is 6.20. The summed E-state index contributed by atoms with van der Waals surface area (Å²) in [7, 11) is 0. The Morgan fingerprint density at radius 3 is 2.04 bits per heavy atom. The molecule has 0 fully saturated rings. The van der Waals surface area contributed by atoms with Crippen molar-refractivity contribution in [3.8, 4) is 5.75 Å². The van der Waals surface area contributed by atoms with Crippen molar-refractivity contribution in [2.45, 2.75) is 82.8 Å². The fraction of sp³-hybridized carbons (Fsp3) is 0.667. The van der Waals surface area contributed by atoms with Crippen molar-refractivity contribution < 1.29 is 14.6 Å². The normalized spacial score (nSPS) is 12.3. The van der Waals surface area contributed by atoms with Crippen molar-refractivity contribution >= 4 is 20.9 Å². The number of aryl methyl sites for hydroxylation is 1. The minimum atomic E-state index is -0.0893. The summed E-state index contributed by atoms with van der Waals surface area (Å²) >= 11 is 0.308. The summed E-state index contributed by atoms with van der Waals surface area (Å²) in [6.45, 7) is 15.1. The summed E-state index contributed by atoms with van der Waals surface area (Å²) < 4.78 is 4.98. The first-order chi connectivity index (χ1) is 11.5. The van der Waals surface area contributed by atoms with Gasteiger partial charge < -0.3 is 0 Å². The summed E-state index contributed by atoms with van der Waals surface area (Å²) in [5, 5.41) is 12.4. The van der Waals surface area contributed by atoms with Crippen LogP contribution in [0.5, 0.6) is 5.75 Å². The van der Waals surface area contributed by atoms with Gasteiger partial charge in [0.25, 0.3) is 0 Å². The first-order valence-corrected chi connectivity index (χ1v) is 11.5. The zero-order chi connectivity index (χ0) is 19.3. The fourth-order valence-corrected chi connectivity index (χ4v) is 4.28. The van der Waals surface area contributed by atoms with Crippen LogP contribution in [-0.4, -0.2) is 32.6 Å². The minimum absolute atomic E-state index is 0.0721. The molecule has 0 saturated carbocycles. The molecule has 0 radical (unpaired) electrons. The molecule has 0 amide bonds. The molecule has 1 N–H and O–H groups in total. The fourth-order valence-electron chi connectivity index (χ4n) is 2.72. The first kappa shape index (κ1) is 22.1. The van der Waals surface area contributed by atoms with Crippen LogP contribution in [0.4, 0.5) is 0 Å². The number of rotatable bonds is 7. The van der Waals surface area contributed by atoms with Gasteiger partial charge in [-0.2, -0.15) is 0 Å². The molecule has 25 heavy (non-hydrogen) atoms. The number of phenolic OH excluding ortho intramolecular Hbond substituents is 1. The molecule has 3 nitrogen and oxygen atoms in total. The van der Waals surface area contributed by atoms with E-state index in [1.54, 1.807) is 0 Å². The van der Waals surface area contributed by atoms with Crippen LogP contribution < -0.4 is 0 Å². The van der Waals surface area contributed by atoms with Crippen LogP contribution in [-0.2, 0) is 26.8 Å². The Hall–Kier alpha value is -0.991. The van der Waals surface area contributed by atoms with Gasteiger partial charge in [0.1, 0.15) is 0 Å². The van der Waals surface area contributed by atoms with E-state index < -0.39 is 0 Å². The van der Waals surface area contributed by atoms with Gasteiger partial charge in [0.15, 0.2) is 0 Å². The number of phenols is 1. The number of carbonyl (C=O) groups excluding carboxylic acids is 1. The summed E-state index contributed by atoms with van der Waals surface area (Å²) in [6, 6.07) is 4.31. The van der Waals surface area contributed by atoms with E-state index in [0.717, 1.165) is 29.3 Å². The zero-order valence-electron chi connectivity index (χ0n) is 16.9. The number of aromatic hydroxyl groups is 1. The van der Waals surface area contributed by atoms with E-state index in [9.17, 15) is 9.90 Å². The molecule has 0 heterocycles. The van der Waals surface area contributed by atoms with Crippen molar-refractivity contribution in [1.29, 1.82) is 0 Å². The summed E-state index contributed by atoms with van der Waals surface area (Å²) in [6.07, 6.45) is 2.05. The van der Waals surface area contributed by atoms with Gasteiger partial charge in [0.05, 0.1) is 0 Å². The molecule has 0 aliphatic carbocycles. The van der Waals surface area contributed by atoms with Crippen molar-refractivity contribution in [3.63, 3.8) is 0 Å². The molecular weight excluding hydrogens is 379 g/mol. The molecule has 0 spiro atoms. The number of hydrogen-bond acceptors (Lipinski definition) is 3. The Morgan fingerprint density at radius 1 is 1.08 bits per heavy atom.